The molecular weight excluding hydrogens is 364 g/mol. The van der Waals surface area contributed by atoms with Crippen molar-refractivity contribution in [1.29, 1.82) is 0 Å². The van der Waals surface area contributed by atoms with Gasteiger partial charge in [-0.25, -0.2) is 8.42 Å². The summed E-state index contributed by atoms with van der Waals surface area (Å²) in [7, 11) is -2.17. The third-order valence-electron chi connectivity index (χ3n) is 5.07. The maximum Gasteiger partial charge on any atom is 0.263 e. The standard InChI is InChI=1S/C19H26N4O3S/c1-14-8-10-23(11-9-14)27(25,26)19-17(13-22(3)21-19)18(24)20-12-16-7-5-4-6-15(16)2/h4-7,13-14H,8-12H2,1-3H3,(H,20,24). The van der Waals surface area contributed by atoms with Gasteiger partial charge in [-0.3, -0.25) is 9.48 Å². The highest BCUT2D eigenvalue weighted by atomic mass is 32.2. The van der Waals surface area contributed by atoms with Gasteiger partial charge in [0.05, 0.1) is 5.56 Å². The van der Waals surface area contributed by atoms with Crippen LogP contribution in [0.2, 0.25) is 0 Å². The van der Waals surface area contributed by atoms with Crippen LogP contribution in [0, 0.1) is 12.8 Å². The van der Waals surface area contributed by atoms with Crippen LogP contribution in [0.1, 0.15) is 41.3 Å². The van der Waals surface area contributed by atoms with E-state index in [9.17, 15) is 13.2 Å². The minimum atomic E-state index is -3.79. The van der Waals surface area contributed by atoms with Gasteiger partial charge in [-0.1, -0.05) is 31.2 Å². The fraction of sp³-hybridized carbons (Fsp3) is 0.474. The minimum Gasteiger partial charge on any atom is -0.348 e. The van der Waals surface area contributed by atoms with Crippen molar-refractivity contribution in [2.75, 3.05) is 13.1 Å². The molecule has 146 valence electrons. The van der Waals surface area contributed by atoms with Crippen LogP contribution in [0.5, 0.6) is 0 Å². The molecule has 2 heterocycles. The summed E-state index contributed by atoms with van der Waals surface area (Å²) in [6, 6.07) is 7.75. The SMILES string of the molecule is Cc1ccccc1CNC(=O)c1cn(C)nc1S(=O)(=O)N1CCC(C)CC1. The van der Waals surface area contributed by atoms with Gasteiger partial charge in [0.2, 0.25) is 5.03 Å². The number of piperidine rings is 1. The molecule has 0 saturated carbocycles. The van der Waals surface area contributed by atoms with E-state index in [1.807, 2.05) is 31.2 Å². The van der Waals surface area contributed by atoms with Gasteiger partial charge in [-0.05, 0) is 36.8 Å². The lowest BCUT2D eigenvalue weighted by Gasteiger charge is -2.28. The van der Waals surface area contributed by atoms with E-state index in [4.69, 9.17) is 0 Å². The molecule has 27 heavy (non-hydrogen) atoms. The highest BCUT2D eigenvalue weighted by Gasteiger charge is 2.34. The van der Waals surface area contributed by atoms with Crippen molar-refractivity contribution in [1.82, 2.24) is 19.4 Å². The number of hydrogen-bond acceptors (Lipinski definition) is 4. The molecule has 1 fully saturated rings. The van der Waals surface area contributed by atoms with E-state index in [1.54, 1.807) is 7.05 Å². The summed E-state index contributed by atoms with van der Waals surface area (Å²) < 4.78 is 28.9. The molecule has 1 N–H and O–H groups in total. The number of rotatable bonds is 5. The molecule has 8 heteroatoms. The van der Waals surface area contributed by atoms with Crippen molar-refractivity contribution in [3.63, 3.8) is 0 Å². The van der Waals surface area contributed by atoms with E-state index >= 15 is 0 Å². The lowest BCUT2D eigenvalue weighted by atomic mass is 10.0. The van der Waals surface area contributed by atoms with Gasteiger partial charge in [-0.15, -0.1) is 0 Å². The Balaban J connectivity index is 1.81. The summed E-state index contributed by atoms with van der Waals surface area (Å²) in [4.78, 5) is 12.7. The van der Waals surface area contributed by atoms with E-state index in [2.05, 4.69) is 17.3 Å². The van der Waals surface area contributed by atoms with Crippen molar-refractivity contribution in [2.24, 2.45) is 13.0 Å². The Bertz CT molecular complexity index is 928. The van der Waals surface area contributed by atoms with Gasteiger partial charge >= 0.3 is 0 Å². The first kappa shape index (κ1) is 19.6. The predicted molar refractivity (Wildman–Crippen MR) is 103 cm³/mol. The van der Waals surface area contributed by atoms with Crippen LogP contribution < -0.4 is 5.32 Å². The number of benzene rings is 1. The minimum absolute atomic E-state index is 0.0877. The maximum atomic E-state index is 13.0. The first-order chi connectivity index (χ1) is 12.8. The first-order valence-electron chi connectivity index (χ1n) is 9.15. The molecule has 0 unspecified atom stereocenters. The molecule has 2 aromatic rings. The third kappa shape index (κ3) is 4.22. The van der Waals surface area contributed by atoms with Gasteiger partial charge in [0.25, 0.3) is 15.9 Å². The van der Waals surface area contributed by atoms with E-state index in [0.717, 1.165) is 24.0 Å². The lowest BCUT2D eigenvalue weighted by Crippen LogP contribution is -2.39. The van der Waals surface area contributed by atoms with Gasteiger partial charge in [0, 0.05) is 32.9 Å². The quantitative estimate of drug-likeness (QED) is 0.847. The average molecular weight is 391 g/mol. The van der Waals surface area contributed by atoms with Gasteiger partial charge in [0.15, 0.2) is 0 Å². The smallest absolute Gasteiger partial charge is 0.263 e. The van der Waals surface area contributed by atoms with Gasteiger partial charge in [-0.2, -0.15) is 9.40 Å². The molecule has 7 nitrogen and oxygen atoms in total. The highest BCUT2D eigenvalue weighted by Crippen LogP contribution is 2.24. The molecule has 3 rings (SSSR count). The molecule has 1 aromatic heterocycles. The van der Waals surface area contributed by atoms with Crippen LogP contribution >= 0.6 is 0 Å². The number of sulfonamides is 1. The Labute approximate surface area is 160 Å². The van der Waals surface area contributed by atoms with E-state index < -0.39 is 15.9 Å². The topological polar surface area (TPSA) is 84.3 Å². The van der Waals surface area contributed by atoms with Crippen molar-refractivity contribution >= 4 is 15.9 Å². The molecule has 0 radical (unpaired) electrons. The van der Waals surface area contributed by atoms with Crippen LogP contribution in [-0.4, -0.2) is 41.5 Å². The number of amides is 1. The van der Waals surface area contributed by atoms with Crippen LogP contribution in [-0.2, 0) is 23.6 Å². The second kappa shape index (κ2) is 7.82. The fourth-order valence-corrected chi connectivity index (χ4v) is 4.83. The summed E-state index contributed by atoms with van der Waals surface area (Å²) >= 11 is 0. The molecule has 1 aliphatic rings. The van der Waals surface area contributed by atoms with E-state index in [-0.39, 0.29) is 10.6 Å². The predicted octanol–water partition coefficient (Wildman–Crippen LogP) is 2.08. The summed E-state index contributed by atoms with van der Waals surface area (Å²) in [5.74, 6) is 0.0763. The Kier molecular flexibility index (Phi) is 5.67. The molecule has 0 spiro atoms. The van der Waals surface area contributed by atoms with Crippen LogP contribution in [0.4, 0.5) is 0 Å². The number of hydrogen-bond donors (Lipinski definition) is 1. The Morgan fingerprint density at radius 2 is 1.93 bits per heavy atom. The van der Waals surface area contributed by atoms with E-state index in [0.29, 0.717) is 25.6 Å². The largest absolute Gasteiger partial charge is 0.348 e. The summed E-state index contributed by atoms with van der Waals surface area (Å²) in [5.41, 5.74) is 2.15. The fourth-order valence-electron chi connectivity index (χ4n) is 3.24. The zero-order valence-electron chi connectivity index (χ0n) is 16.0. The van der Waals surface area contributed by atoms with Gasteiger partial charge in [0.1, 0.15) is 0 Å². The number of nitrogens with one attached hydrogen (secondary N) is 1. The molecule has 1 amide bonds. The molecule has 0 bridgehead atoms. The first-order valence-corrected chi connectivity index (χ1v) is 10.6. The number of aromatic nitrogens is 2. The molecule has 0 aliphatic carbocycles. The molecular formula is C19H26N4O3S. The summed E-state index contributed by atoms with van der Waals surface area (Å²) in [5, 5.41) is 6.75. The highest BCUT2D eigenvalue weighted by molar-refractivity contribution is 7.89. The lowest BCUT2D eigenvalue weighted by molar-refractivity contribution is 0.0947. The second-order valence-electron chi connectivity index (χ2n) is 7.22. The molecule has 1 aromatic carbocycles. The second-order valence-corrected chi connectivity index (χ2v) is 9.07. The Morgan fingerprint density at radius 3 is 2.59 bits per heavy atom. The van der Waals surface area contributed by atoms with E-state index in [1.165, 1.54) is 15.2 Å². The summed E-state index contributed by atoms with van der Waals surface area (Å²) in [6.07, 6.45) is 3.11. The number of carbonyl (C=O) groups is 1. The molecule has 0 atom stereocenters. The van der Waals surface area contributed by atoms with Crippen LogP contribution in [0.15, 0.2) is 35.5 Å². The van der Waals surface area contributed by atoms with Crippen LogP contribution in [0.25, 0.3) is 0 Å². The maximum absolute atomic E-state index is 13.0. The summed E-state index contributed by atoms with van der Waals surface area (Å²) in [6.45, 7) is 5.35. The van der Waals surface area contributed by atoms with Crippen molar-refractivity contribution < 1.29 is 13.2 Å². The monoisotopic (exact) mass is 390 g/mol. The zero-order valence-corrected chi connectivity index (χ0v) is 16.8. The van der Waals surface area contributed by atoms with Crippen molar-refractivity contribution in [2.45, 2.75) is 38.3 Å². The molecule has 1 saturated heterocycles. The number of aryl methyl sites for hydroxylation is 2. The Hall–Kier alpha value is -2.19. The van der Waals surface area contributed by atoms with Crippen molar-refractivity contribution in [3.05, 3.63) is 47.2 Å². The average Bonchev–Trinajstić information content (AvgIpc) is 3.04. The van der Waals surface area contributed by atoms with Crippen LogP contribution in [0.3, 0.4) is 0 Å². The number of carbonyl (C=O) groups excluding carboxylic acids is 1. The molecule has 1 aliphatic heterocycles. The Morgan fingerprint density at radius 1 is 1.26 bits per heavy atom. The zero-order chi connectivity index (χ0) is 19.6. The normalized spacial score (nSPS) is 16.4. The number of nitrogens with zero attached hydrogens (tertiary/aromatic N) is 3. The van der Waals surface area contributed by atoms with Gasteiger partial charge < -0.3 is 5.32 Å². The van der Waals surface area contributed by atoms with Crippen molar-refractivity contribution in [3.8, 4) is 0 Å². The third-order valence-corrected chi connectivity index (χ3v) is 6.90.